The number of benzene rings is 1. The lowest BCUT2D eigenvalue weighted by Gasteiger charge is -2.20. The van der Waals surface area contributed by atoms with Crippen LogP contribution in [0.15, 0.2) is 24.3 Å². The van der Waals surface area contributed by atoms with Gasteiger partial charge in [-0.1, -0.05) is 29.8 Å². The van der Waals surface area contributed by atoms with Crippen molar-refractivity contribution in [3.05, 3.63) is 35.4 Å². The van der Waals surface area contributed by atoms with E-state index in [1.165, 1.54) is 18.2 Å². The van der Waals surface area contributed by atoms with Crippen LogP contribution in [0.5, 0.6) is 0 Å². The fourth-order valence-electron chi connectivity index (χ4n) is 1.14. The third-order valence-electron chi connectivity index (χ3n) is 1.97. The zero-order chi connectivity index (χ0) is 10.8. The number of aliphatic hydroxyl groups excluding tert-OH is 1. The lowest BCUT2D eigenvalue weighted by molar-refractivity contribution is -0.121. The highest BCUT2D eigenvalue weighted by molar-refractivity contribution is 5.26. The van der Waals surface area contributed by atoms with Crippen LogP contribution < -0.4 is 0 Å². The van der Waals surface area contributed by atoms with E-state index in [9.17, 15) is 13.2 Å². The molecular weight excluding hydrogens is 193 g/mol. The van der Waals surface area contributed by atoms with E-state index in [-0.39, 0.29) is 5.56 Å². The summed E-state index contributed by atoms with van der Waals surface area (Å²) in [5.41, 5.74) is 0.288. The van der Waals surface area contributed by atoms with Gasteiger partial charge in [0.1, 0.15) is 6.67 Å². The highest BCUT2D eigenvalue weighted by Crippen LogP contribution is 2.32. The molecule has 1 nitrogen and oxygen atoms in total. The molecule has 0 amide bonds. The van der Waals surface area contributed by atoms with Gasteiger partial charge in [-0.2, -0.15) is 8.78 Å². The van der Waals surface area contributed by atoms with Gasteiger partial charge in [-0.15, -0.1) is 0 Å². The summed E-state index contributed by atoms with van der Waals surface area (Å²) in [6.45, 7) is 0.197. The maximum absolute atomic E-state index is 13.2. The van der Waals surface area contributed by atoms with E-state index in [1.807, 2.05) is 0 Å². The van der Waals surface area contributed by atoms with Gasteiger partial charge in [-0.25, -0.2) is 4.39 Å². The molecule has 0 fully saturated rings. The Hall–Kier alpha value is -1.03. The Kier molecular flexibility index (Phi) is 3.16. The molecule has 1 N–H and O–H groups in total. The predicted molar refractivity (Wildman–Crippen MR) is 47.1 cm³/mol. The normalized spacial score (nSPS) is 14.1. The smallest absolute Gasteiger partial charge is 0.301 e. The van der Waals surface area contributed by atoms with Gasteiger partial charge in [0.05, 0.1) is 0 Å². The molecule has 1 rings (SSSR count). The Morgan fingerprint density at radius 2 is 2.07 bits per heavy atom. The summed E-state index contributed by atoms with van der Waals surface area (Å²) in [4.78, 5) is 0. The molecule has 0 aliphatic heterocycles. The van der Waals surface area contributed by atoms with Crippen LogP contribution in [0, 0.1) is 6.92 Å². The van der Waals surface area contributed by atoms with Crippen LogP contribution in [-0.4, -0.2) is 17.9 Å². The maximum atomic E-state index is 13.2. The van der Waals surface area contributed by atoms with Crippen molar-refractivity contribution in [2.75, 3.05) is 6.67 Å². The van der Waals surface area contributed by atoms with Crippen molar-refractivity contribution in [2.45, 2.75) is 19.0 Å². The first-order valence-corrected chi connectivity index (χ1v) is 4.17. The largest absolute Gasteiger partial charge is 0.384 e. The zero-order valence-electron chi connectivity index (χ0n) is 7.67. The SMILES string of the molecule is Cc1cccc(C(F)(F)C(O)CF)c1. The Labute approximate surface area is 80.2 Å². The van der Waals surface area contributed by atoms with Crippen LogP contribution >= 0.6 is 0 Å². The Bertz CT molecular complexity index is 312. The van der Waals surface area contributed by atoms with Crippen LogP contribution in [0.3, 0.4) is 0 Å². The number of aliphatic hydroxyl groups is 1. The molecule has 0 spiro atoms. The standard InChI is InChI=1S/C10H11F3O/c1-7-3-2-4-8(5-7)10(12,13)9(14)6-11/h2-5,9,14H,6H2,1H3. The Balaban J connectivity index is 3.03. The van der Waals surface area contributed by atoms with E-state index >= 15 is 0 Å². The Morgan fingerprint density at radius 3 is 2.57 bits per heavy atom. The highest BCUT2D eigenvalue weighted by atomic mass is 19.3. The highest BCUT2D eigenvalue weighted by Gasteiger charge is 2.40. The molecule has 1 unspecified atom stereocenters. The second kappa shape index (κ2) is 4.00. The fraction of sp³-hybridized carbons (Fsp3) is 0.400. The number of alkyl halides is 3. The van der Waals surface area contributed by atoms with Crippen LogP contribution in [0.25, 0.3) is 0 Å². The van der Waals surface area contributed by atoms with Gasteiger partial charge in [0.15, 0.2) is 6.10 Å². The van der Waals surface area contributed by atoms with Gasteiger partial charge in [-0.3, -0.25) is 0 Å². The summed E-state index contributed by atoms with van der Waals surface area (Å²) >= 11 is 0. The number of rotatable bonds is 3. The van der Waals surface area contributed by atoms with Crippen LogP contribution in [0.2, 0.25) is 0 Å². The lowest BCUT2D eigenvalue weighted by Crippen LogP contribution is -2.32. The average molecular weight is 204 g/mol. The third-order valence-corrected chi connectivity index (χ3v) is 1.97. The van der Waals surface area contributed by atoms with Gasteiger partial charge >= 0.3 is 5.92 Å². The van der Waals surface area contributed by atoms with Crippen molar-refractivity contribution in [2.24, 2.45) is 0 Å². The zero-order valence-corrected chi connectivity index (χ0v) is 7.67. The fourth-order valence-corrected chi connectivity index (χ4v) is 1.14. The van der Waals surface area contributed by atoms with Gasteiger partial charge in [0, 0.05) is 5.56 Å². The second-order valence-corrected chi connectivity index (χ2v) is 3.16. The van der Waals surface area contributed by atoms with E-state index in [4.69, 9.17) is 5.11 Å². The number of hydrogen-bond acceptors (Lipinski definition) is 1. The van der Waals surface area contributed by atoms with E-state index in [2.05, 4.69) is 0 Å². The quantitative estimate of drug-likeness (QED) is 0.801. The Morgan fingerprint density at radius 1 is 1.43 bits per heavy atom. The molecule has 1 atom stereocenters. The van der Waals surface area contributed by atoms with Gasteiger partial charge in [-0.05, 0) is 6.92 Å². The molecule has 0 heterocycles. The molecule has 14 heavy (non-hydrogen) atoms. The van der Waals surface area contributed by atoms with Crippen molar-refractivity contribution in [1.82, 2.24) is 0 Å². The molecule has 0 saturated heterocycles. The summed E-state index contributed by atoms with van der Waals surface area (Å²) in [5, 5.41) is 8.81. The first kappa shape index (κ1) is 11.0. The topological polar surface area (TPSA) is 20.2 Å². The first-order valence-electron chi connectivity index (χ1n) is 4.17. The molecule has 78 valence electrons. The molecular formula is C10H11F3O. The van der Waals surface area contributed by atoms with E-state index in [0.717, 1.165) is 0 Å². The summed E-state index contributed by atoms with van der Waals surface area (Å²) in [5.74, 6) is -3.53. The molecule has 0 saturated carbocycles. The maximum Gasteiger partial charge on any atom is 0.301 e. The van der Waals surface area contributed by atoms with Crippen molar-refractivity contribution >= 4 is 0 Å². The molecule has 0 aliphatic rings. The monoisotopic (exact) mass is 204 g/mol. The molecule has 0 radical (unpaired) electrons. The van der Waals surface area contributed by atoms with Crippen LogP contribution in [0.1, 0.15) is 11.1 Å². The van der Waals surface area contributed by atoms with Gasteiger partial charge in [0.25, 0.3) is 0 Å². The molecule has 1 aromatic rings. The molecule has 0 bridgehead atoms. The van der Waals surface area contributed by atoms with Gasteiger partial charge in [0.2, 0.25) is 0 Å². The minimum atomic E-state index is -3.53. The van der Waals surface area contributed by atoms with Crippen molar-refractivity contribution in [3.8, 4) is 0 Å². The first-order chi connectivity index (χ1) is 6.48. The summed E-state index contributed by atoms with van der Waals surface area (Å²) in [7, 11) is 0. The minimum absolute atomic E-state index is 0.359. The number of aryl methyl sites for hydroxylation is 1. The van der Waals surface area contributed by atoms with Crippen LogP contribution in [-0.2, 0) is 5.92 Å². The molecule has 4 heteroatoms. The average Bonchev–Trinajstić information content (AvgIpc) is 2.16. The third kappa shape index (κ3) is 2.07. The second-order valence-electron chi connectivity index (χ2n) is 3.16. The van der Waals surface area contributed by atoms with Crippen molar-refractivity contribution in [1.29, 1.82) is 0 Å². The van der Waals surface area contributed by atoms with E-state index in [0.29, 0.717) is 5.56 Å². The van der Waals surface area contributed by atoms with Crippen molar-refractivity contribution < 1.29 is 18.3 Å². The summed E-state index contributed by atoms with van der Waals surface area (Å²) in [6, 6.07) is 5.51. The van der Waals surface area contributed by atoms with Crippen molar-refractivity contribution in [3.63, 3.8) is 0 Å². The van der Waals surface area contributed by atoms with Gasteiger partial charge < -0.3 is 5.11 Å². The van der Waals surface area contributed by atoms with Crippen LogP contribution in [0.4, 0.5) is 13.2 Å². The number of hydrogen-bond donors (Lipinski definition) is 1. The summed E-state index contributed by atoms with van der Waals surface area (Å²) < 4.78 is 38.4. The molecule has 0 aromatic heterocycles. The van der Waals surface area contributed by atoms with E-state index < -0.39 is 18.7 Å². The number of halogens is 3. The predicted octanol–water partition coefficient (Wildman–Crippen LogP) is 2.42. The minimum Gasteiger partial charge on any atom is -0.384 e. The molecule has 0 aliphatic carbocycles. The summed E-state index contributed by atoms with van der Waals surface area (Å²) in [6.07, 6.45) is -2.27. The lowest BCUT2D eigenvalue weighted by atomic mass is 10.0. The van der Waals surface area contributed by atoms with E-state index in [1.54, 1.807) is 13.0 Å². The molecule has 1 aromatic carbocycles.